The van der Waals surface area contributed by atoms with Gasteiger partial charge in [0.2, 0.25) is 5.91 Å². The van der Waals surface area contributed by atoms with E-state index in [2.05, 4.69) is 17.1 Å². The van der Waals surface area contributed by atoms with E-state index in [1.807, 2.05) is 18.7 Å². The number of hydrogen-bond donors (Lipinski definition) is 1. The van der Waals surface area contributed by atoms with Crippen LogP contribution in [0.15, 0.2) is 0 Å². The van der Waals surface area contributed by atoms with Crippen molar-refractivity contribution >= 4 is 5.91 Å². The number of aromatic amines is 1. The molecule has 1 amide bonds. The van der Waals surface area contributed by atoms with Crippen molar-refractivity contribution < 1.29 is 14.3 Å². The van der Waals surface area contributed by atoms with Crippen LogP contribution in [-0.2, 0) is 14.3 Å². The quantitative estimate of drug-likeness (QED) is 0.922. The van der Waals surface area contributed by atoms with Gasteiger partial charge in [-0.05, 0) is 38.2 Å². The van der Waals surface area contributed by atoms with Crippen molar-refractivity contribution in [2.75, 3.05) is 26.3 Å². The number of rotatable bonds is 4. The van der Waals surface area contributed by atoms with E-state index in [0.29, 0.717) is 25.6 Å². The summed E-state index contributed by atoms with van der Waals surface area (Å²) in [4.78, 5) is 14.7. The number of carbonyl (C=O) groups excluding carboxylic acids is 1. The Hall–Kier alpha value is -1.40. The normalized spacial score (nSPS) is 24.1. The number of H-pyrrole nitrogens is 1. The minimum Gasteiger partial charge on any atom is -0.350 e. The highest BCUT2D eigenvalue weighted by Gasteiger charge is 2.33. The molecular weight excluding hydrogens is 294 g/mol. The second kappa shape index (κ2) is 7.01. The van der Waals surface area contributed by atoms with Gasteiger partial charge >= 0.3 is 0 Å². The highest BCUT2D eigenvalue weighted by Crippen LogP contribution is 2.28. The lowest BCUT2D eigenvalue weighted by Gasteiger charge is -2.35. The number of aromatic nitrogens is 2. The van der Waals surface area contributed by atoms with Gasteiger partial charge in [-0.2, -0.15) is 5.10 Å². The van der Waals surface area contributed by atoms with Crippen LogP contribution in [0.2, 0.25) is 0 Å². The Kier molecular flexibility index (Phi) is 5.02. The first-order valence-corrected chi connectivity index (χ1v) is 8.58. The molecule has 1 aromatic heterocycles. The van der Waals surface area contributed by atoms with E-state index in [1.165, 1.54) is 5.56 Å². The maximum atomic E-state index is 12.7. The number of likely N-dealkylation sites (tertiary alicyclic amines) is 1. The number of piperidine rings is 1. The lowest BCUT2D eigenvalue weighted by molar-refractivity contribution is -0.139. The molecule has 2 aliphatic rings. The van der Waals surface area contributed by atoms with Gasteiger partial charge < -0.3 is 14.4 Å². The summed E-state index contributed by atoms with van der Waals surface area (Å²) < 4.78 is 11.2. The van der Waals surface area contributed by atoms with Crippen LogP contribution in [-0.4, -0.2) is 53.6 Å². The Labute approximate surface area is 137 Å². The van der Waals surface area contributed by atoms with Crippen molar-refractivity contribution in [2.24, 2.45) is 5.92 Å². The largest absolute Gasteiger partial charge is 0.350 e. The number of hydrogen-bond acceptors (Lipinski definition) is 4. The van der Waals surface area contributed by atoms with Crippen molar-refractivity contribution in [1.82, 2.24) is 15.1 Å². The van der Waals surface area contributed by atoms with Crippen LogP contribution >= 0.6 is 0 Å². The summed E-state index contributed by atoms with van der Waals surface area (Å²) in [5.74, 6) is 0.712. The maximum absolute atomic E-state index is 12.7. The first kappa shape index (κ1) is 16.5. The van der Waals surface area contributed by atoms with Crippen LogP contribution in [0.25, 0.3) is 0 Å². The molecule has 1 aromatic rings. The summed E-state index contributed by atoms with van der Waals surface area (Å²) in [6.07, 6.45) is 2.50. The molecule has 0 radical (unpaired) electrons. The van der Waals surface area contributed by atoms with Gasteiger partial charge in [-0.1, -0.05) is 6.92 Å². The Balaban J connectivity index is 1.59. The van der Waals surface area contributed by atoms with Crippen LogP contribution in [0.5, 0.6) is 0 Å². The molecule has 128 valence electrons. The standard InChI is InChI=1S/C17H27N3O3/c1-11(16-12(2)18-19-13(16)3)9-15(21)20-6-4-5-14(10-20)17-22-7-8-23-17/h11,14,17H,4-10H2,1-3H3,(H,18,19)/t11-,14-/m0/s1. The number of carbonyl (C=O) groups is 1. The van der Waals surface area contributed by atoms with E-state index in [4.69, 9.17) is 9.47 Å². The molecule has 2 atom stereocenters. The minimum absolute atomic E-state index is 0.124. The molecule has 0 bridgehead atoms. The van der Waals surface area contributed by atoms with Crippen molar-refractivity contribution in [2.45, 2.75) is 52.2 Å². The fraction of sp³-hybridized carbons (Fsp3) is 0.765. The summed E-state index contributed by atoms with van der Waals surface area (Å²) in [6.45, 7) is 9.05. The Morgan fingerprint density at radius 2 is 2.13 bits per heavy atom. The molecule has 3 heterocycles. The van der Waals surface area contributed by atoms with Crippen molar-refractivity contribution in [3.63, 3.8) is 0 Å². The van der Waals surface area contributed by atoms with Gasteiger partial charge in [-0.25, -0.2) is 0 Å². The average Bonchev–Trinajstić information content (AvgIpc) is 3.17. The smallest absolute Gasteiger partial charge is 0.223 e. The number of aryl methyl sites for hydroxylation is 2. The average molecular weight is 321 g/mol. The highest BCUT2D eigenvalue weighted by atomic mass is 16.7. The minimum atomic E-state index is -0.124. The molecule has 0 aromatic carbocycles. The predicted molar refractivity (Wildman–Crippen MR) is 86.1 cm³/mol. The zero-order valence-corrected chi connectivity index (χ0v) is 14.3. The molecular formula is C17H27N3O3. The number of nitrogens with zero attached hydrogens (tertiary/aromatic N) is 2. The molecule has 0 saturated carbocycles. The SMILES string of the molecule is Cc1n[nH]c(C)c1[C@@H](C)CC(=O)N1CCC[C@H](C2OCCO2)C1. The Bertz CT molecular complexity index is 532. The molecule has 1 N–H and O–H groups in total. The van der Waals surface area contributed by atoms with Gasteiger partial charge in [0.25, 0.3) is 0 Å². The van der Waals surface area contributed by atoms with Crippen molar-refractivity contribution in [1.29, 1.82) is 0 Å². The second-order valence-electron chi connectivity index (χ2n) is 6.80. The third-order valence-corrected chi connectivity index (χ3v) is 5.00. The molecule has 2 fully saturated rings. The summed E-state index contributed by atoms with van der Waals surface area (Å²) >= 11 is 0. The molecule has 0 aliphatic carbocycles. The van der Waals surface area contributed by atoms with Crippen LogP contribution in [0.3, 0.4) is 0 Å². The lowest BCUT2D eigenvalue weighted by atomic mass is 9.93. The van der Waals surface area contributed by atoms with E-state index < -0.39 is 0 Å². The van der Waals surface area contributed by atoms with E-state index in [9.17, 15) is 4.79 Å². The highest BCUT2D eigenvalue weighted by molar-refractivity contribution is 5.77. The molecule has 0 unspecified atom stereocenters. The van der Waals surface area contributed by atoms with Gasteiger partial charge in [0.05, 0.1) is 18.9 Å². The third-order valence-electron chi connectivity index (χ3n) is 5.00. The molecule has 2 saturated heterocycles. The fourth-order valence-electron chi connectivity index (χ4n) is 3.89. The van der Waals surface area contributed by atoms with Gasteiger partial charge in [0.15, 0.2) is 6.29 Å². The third kappa shape index (κ3) is 3.58. The number of amides is 1. The fourth-order valence-corrected chi connectivity index (χ4v) is 3.89. The van der Waals surface area contributed by atoms with E-state index in [0.717, 1.165) is 37.3 Å². The summed E-state index contributed by atoms with van der Waals surface area (Å²) in [5.41, 5.74) is 3.23. The molecule has 6 heteroatoms. The van der Waals surface area contributed by atoms with E-state index in [1.54, 1.807) is 0 Å². The van der Waals surface area contributed by atoms with E-state index in [-0.39, 0.29) is 18.1 Å². The second-order valence-corrected chi connectivity index (χ2v) is 6.80. The number of nitrogens with one attached hydrogen (secondary N) is 1. The zero-order valence-electron chi connectivity index (χ0n) is 14.3. The summed E-state index contributed by atoms with van der Waals surface area (Å²) in [6, 6.07) is 0. The van der Waals surface area contributed by atoms with Gasteiger partial charge in [-0.3, -0.25) is 9.89 Å². The molecule has 2 aliphatic heterocycles. The molecule has 3 rings (SSSR count). The Morgan fingerprint density at radius 1 is 1.39 bits per heavy atom. The lowest BCUT2D eigenvalue weighted by Crippen LogP contribution is -2.44. The van der Waals surface area contributed by atoms with Crippen LogP contribution < -0.4 is 0 Å². The summed E-state index contributed by atoms with van der Waals surface area (Å²) in [5, 5.41) is 7.25. The van der Waals surface area contributed by atoms with Gasteiger partial charge in [0, 0.05) is 31.1 Å². The van der Waals surface area contributed by atoms with Crippen molar-refractivity contribution in [3.8, 4) is 0 Å². The molecule has 23 heavy (non-hydrogen) atoms. The number of ether oxygens (including phenoxy) is 2. The first-order chi connectivity index (χ1) is 11.1. The van der Waals surface area contributed by atoms with Crippen molar-refractivity contribution in [3.05, 3.63) is 17.0 Å². The van der Waals surface area contributed by atoms with Crippen LogP contribution in [0.4, 0.5) is 0 Å². The van der Waals surface area contributed by atoms with Gasteiger partial charge in [0.1, 0.15) is 0 Å². The van der Waals surface area contributed by atoms with Crippen LogP contribution in [0.1, 0.15) is 49.1 Å². The van der Waals surface area contributed by atoms with E-state index >= 15 is 0 Å². The first-order valence-electron chi connectivity index (χ1n) is 8.58. The van der Waals surface area contributed by atoms with Gasteiger partial charge in [-0.15, -0.1) is 0 Å². The summed E-state index contributed by atoms with van der Waals surface area (Å²) in [7, 11) is 0. The molecule has 6 nitrogen and oxygen atoms in total. The Morgan fingerprint density at radius 3 is 2.78 bits per heavy atom. The monoisotopic (exact) mass is 321 g/mol. The maximum Gasteiger partial charge on any atom is 0.223 e. The van der Waals surface area contributed by atoms with Crippen LogP contribution in [0, 0.1) is 19.8 Å². The topological polar surface area (TPSA) is 67.5 Å². The predicted octanol–water partition coefficient (Wildman–Crippen LogP) is 2.13. The molecule has 0 spiro atoms. The zero-order chi connectivity index (χ0) is 16.4.